The number of hydrogen-bond donors (Lipinski definition) is 0. The van der Waals surface area contributed by atoms with Crippen molar-refractivity contribution in [3.05, 3.63) is 17.5 Å². The van der Waals surface area contributed by atoms with Crippen molar-refractivity contribution in [1.29, 1.82) is 0 Å². The van der Waals surface area contributed by atoms with Crippen LogP contribution in [0.3, 0.4) is 0 Å². The van der Waals surface area contributed by atoms with Crippen LogP contribution < -0.4 is 0 Å². The molecule has 1 aliphatic heterocycles. The van der Waals surface area contributed by atoms with Crippen LogP contribution in [0.15, 0.2) is 6.20 Å². The monoisotopic (exact) mass is 279 g/mol. The molecule has 0 aliphatic carbocycles. The van der Waals surface area contributed by atoms with Crippen LogP contribution >= 0.6 is 0 Å². The summed E-state index contributed by atoms with van der Waals surface area (Å²) in [7, 11) is 1.79. The summed E-state index contributed by atoms with van der Waals surface area (Å²) in [5.41, 5.74) is 1.36. The molecule has 0 aromatic carbocycles. The van der Waals surface area contributed by atoms with Crippen LogP contribution in [0.25, 0.3) is 0 Å². The maximum atomic E-state index is 12.6. The molecule has 6 nitrogen and oxygen atoms in total. The van der Waals surface area contributed by atoms with Crippen molar-refractivity contribution >= 4 is 11.9 Å². The van der Waals surface area contributed by atoms with Gasteiger partial charge in [0.2, 0.25) is 0 Å². The highest BCUT2D eigenvalue weighted by Gasteiger charge is 2.36. The molecular formula is C14H21N3O3. The Labute approximate surface area is 118 Å². The molecule has 20 heavy (non-hydrogen) atoms. The van der Waals surface area contributed by atoms with Gasteiger partial charge in [-0.15, -0.1) is 0 Å². The first-order chi connectivity index (χ1) is 9.58. The number of rotatable bonds is 4. The Morgan fingerprint density at radius 1 is 1.45 bits per heavy atom. The summed E-state index contributed by atoms with van der Waals surface area (Å²) in [5, 5.41) is 4.28. The molecule has 1 saturated heterocycles. The zero-order chi connectivity index (χ0) is 14.7. The van der Waals surface area contributed by atoms with E-state index in [1.54, 1.807) is 29.7 Å². The van der Waals surface area contributed by atoms with Gasteiger partial charge in [-0.2, -0.15) is 5.10 Å². The largest absolute Gasteiger partial charge is 0.464 e. The van der Waals surface area contributed by atoms with Gasteiger partial charge in [0.25, 0.3) is 5.91 Å². The molecule has 1 aromatic rings. The highest BCUT2D eigenvalue weighted by molar-refractivity contribution is 5.97. The number of esters is 1. The predicted octanol–water partition coefficient (Wildman–Crippen LogP) is 1.15. The van der Waals surface area contributed by atoms with Crippen molar-refractivity contribution in [1.82, 2.24) is 14.7 Å². The first-order valence-corrected chi connectivity index (χ1v) is 7.08. The van der Waals surface area contributed by atoms with Crippen molar-refractivity contribution in [3.63, 3.8) is 0 Å². The first-order valence-electron chi connectivity index (χ1n) is 7.08. The van der Waals surface area contributed by atoms with Gasteiger partial charge in [-0.3, -0.25) is 9.48 Å². The molecule has 1 aliphatic rings. The molecular weight excluding hydrogens is 258 g/mol. The molecule has 6 heteroatoms. The maximum Gasteiger partial charge on any atom is 0.328 e. The fourth-order valence-electron chi connectivity index (χ4n) is 2.62. The predicted molar refractivity (Wildman–Crippen MR) is 73.3 cm³/mol. The Morgan fingerprint density at radius 3 is 2.85 bits per heavy atom. The number of aryl methyl sites for hydroxylation is 2. The third-order valence-electron chi connectivity index (χ3n) is 3.54. The van der Waals surface area contributed by atoms with Crippen molar-refractivity contribution in [2.24, 2.45) is 7.05 Å². The van der Waals surface area contributed by atoms with Crippen LogP contribution in [0.1, 0.15) is 42.7 Å². The molecule has 2 heterocycles. The highest BCUT2D eigenvalue weighted by Crippen LogP contribution is 2.22. The SMILES string of the molecule is CCOC(=O)C1CCCN1C(=O)c1cn(C)nc1CC. The Hall–Kier alpha value is -1.85. The van der Waals surface area contributed by atoms with Gasteiger partial charge in [-0.25, -0.2) is 4.79 Å². The number of carbonyl (C=O) groups excluding carboxylic acids is 2. The number of amides is 1. The second kappa shape index (κ2) is 6.07. The highest BCUT2D eigenvalue weighted by atomic mass is 16.5. The lowest BCUT2D eigenvalue weighted by Gasteiger charge is -2.22. The second-order valence-electron chi connectivity index (χ2n) is 4.93. The molecule has 2 rings (SSSR count). The lowest BCUT2D eigenvalue weighted by atomic mass is 10.1. The Bertz CT molecular complexity index is 510. The van der Waals surface area contributed by atoms with Crippen LogP contribution in [0.5, 0.6) is 0 Å². The minimum atomic E-state index is -0.452. The normalized spacial score (nSPS) is 18.4. The summed E-state index contributed by atoms with van der Waals surface area (Å²) in [5.74, 6) is -0.425. The first kappa shape index (κ1) is 14.6. The molecule has 0 radical (unpaired) electrons. The summed E-state index contributed by atoms with van der Waals surface area (Å²) in [6, 6.07) is -0.452. The van der Waals surface area contributed by atoms with Crippen LogP contribution in [0.2, 0.25) is 0 Å². The quantitative estimate of drug-likeness (QED) is 0.776. The smallest absolute Gasteiger partial charge is 0.328 e. The number of nitrogens with zero attached hydrogens (tertiary/aromatic N) is 3. The Balaban J connectivity index is 2.21. The van der Waals surface area contributed by atoms with E-state index in [1.807, 2.05) is 6.92 Å². The number of carbonyl (C=O) groups is 2. The molecule has 0 bridgehead atoms. The van der Waals surface area contributed by atoms with E-state index in [-0.39, 0.29) is 11.9 Å². The van der Waals surface area contributed by atoms with Crippen molar-refractivity contribution in [2.75, 3.05) is 13.2 Å². The van der Waals surface area contributed by atoms with Crippen molar-refractivity contribution < 1.29 is 14.3 Å². The van der Waals surface area contributed by atoms with Gasteiger partial charge >= 0.3 is 5.97 Å². The van der Waals surface area contributed by atoms with E-state index in [9.17, 15) is 9.59 Å². The lowest BCUT2D eigenvalue weighted by molar-refractivity contribution is -0.147. The van der Waals surface area contributed by atoms with E-state index in [0.717, 1.165) is 12.1 Å². The minimum absolute atomic E-state index is 0.120. The topological polar surface area (TPSA) is 64.4 Å². The maximum absolute atomic E-state index is 12.6. The summed E-state index contributed by atoms with van der Waals surface area (Å²) in [4.78, 5) is 26.2. The summed E-state index contributed by atoms with van der Waals surface area (Å²) >= 11 is 0. The average molecular weight is 279 g/mol. The summed E-state index contributed by atoms with van der Waals surface area (Å²) < 4.78 is 6.69. The zero-order valence-corrected chi connectivity index (χ0v) is 12.3. The van der Waals surface area contributed by atoms with Gasteiger partial charge in [-0.1, -0.05) is 6.92 Å². The van der Waals surface area contributed by atoms with Gasteiger partial charge < -0.3 is 9.64 Å². The van der Waals surface area contributed by atoms with Gasteiger partial charge in [0, 0.05) is 19.8 Å². The van der Waals surface area contributed by atoms with E-state index in [2.05, 4.69) is 5.10 Å². The van der Waals surface area contributed by atoms with Gasteiger partial charge in [0.15, 0.2) is 0 Å². The van der Waals surface area contributed by atoms with Gasteiger partial charge in [-0.05, 0) is 26.2 Å². The average Bonchev–Trinajstić information content (AvgIpc) is 3.04. The van der Waals surface area contributed by atoms with Crippen LogP contribution in [-0.4, -0.2) is 45.8 Å². The van der Waals surface area contributed by atoms with Crippen molar-refractivity contribution in [3.8, 4) is 0 Å². The second-order valence-corrected chi connectivity index (χ2v) is 4.93. The van der Waals surface area contributed by atoms with Crippen LogP contribution in [0.4, 0.5) is 0 Å². The fourth-order valence-corrected chi connectivity index (χ4v) is 2.62. The van der Waals surface area contributed by atoms with E-state index in [4.69, 9.17) is 4.74 Å². The number of ether oxygens (including phenoxy) is 1. The number of aromatic nitrogens is 2. The molecule has 1 aromatic heterocycles. The van der Waals surface area contributed by atoms with Crippen molar-refractivity contribution in [2.45, 2.75) is 39.2 Å². The fraction of sp³-hybridized carbons (Fsp3) is 0.643. The molecule has 1 unspecified atom stereocenters. The van der Waals surface area contributed by atoms with Gasteiger partial charge in [0.05, 0.1) is 17.9 Å². The molecule has 1 amide bonds. The van der Waals surface area contributed by atoms with E-state index in [0.29, 0.717) is 31.6 Å². The summed E-state index contributed by atoms with van der Waals surface area (Å²) in [6.07, 6.45) is 3.92. The van der Waals surface area contributed by atoms with E-state index >= 15 is 0 Å². The molecule has 110 valence electrons. The van der Waals surface area contributed by atoms with E-state index < -0.39 is 6.04 Å². The van der Waals surface area contributed by atoms with E-state index in [1.165, 1.54) is 0 Å². The van der Waals surface area contributed by atoms with Crippen LogP contribution in [0, 0.1) is 0 Å². The van der Waals surface area contributed by atoms with Gasteiger partial charge in [0.1, 0.15) is 6.04 Å². The Morgan fingerprint density at radius 2 is 2.20 bits per heavy atom. The third-order valence-corrected chi connectivity index (χ3v) is 3.54. The standard InChI is InChI=1S/C14H21N3O3/c1-4-11-10(9-16(3)15-11)13(18)17-8-6-7-12(17)14(19)20-5-2/h9,12H,4-8H2,1-3H3. The number of hydrogen-bond acceptors (Lipinski definition) is 4. The molecule has 0 N–H and O–H groups in total. The third kappa shape index (κ3) is 2.69. The summed E-state index contributed by atoms with van der Waals surface area (Å²) in [6.45, 7) is 4.67. The zero-order valence-electron chi connectivity index (χ0n) is 12.3. The molecule has 1 atom stereocenters. The molecule has 0 spiro atoms. The lowest BCUT2D eigenvalue weighted by Crippen LogP contribution is -2.41. The number of likely N-dealkylation sites (tertiary alicyclic amines) is 1. The molecule has 1 fully saturated rings. The minimum Gasteiger partial charge on any atom is -0.464 e. The molecule has 0 saturated carbocycles. The van der Waals surface area contributed by atoms with Crippen LogP contribution in [-0.2, 0) is 23.0 Å². The Kier molecular flexibility index (Phi) is 4.42.